The van der Waals surface area contributed by atoms with Gasteiger partial charge in [-0.2, -0.15) is 0 Å². The summed E-state index contributed by atoms with van der Waals surface area (Å²) in [5, 5.41) is 13.3. The van der Waals surface area contributed by atoms with Gasteiger partial charge < -0.3 is 31.2 Å². The fourth-order valence-corrected chi connectivity index (χ4v) is 3.94. The summed E-state index contributed by atoms with van der Waals surface area (Å²) in [6, 6.07) is -2.68. The smallest absolute Gasteiger partial charge is 0.323 e. The number of urea groups is 1. The number of likely N-dealkylation sites (tertiary alicyclic amines) is 1. The summed E-state index contributed by atoms with van der Waals surface area (Å²) in [5.74, 6) is -1.13. The van der Waals surface area contributed by atoms with E-state index >= 15 is 0 Å². The van der Waals surface area contributed by atoms with Gasteiger partial charge >= 0.3 is 12.0 Å². The number of amides is 4. The summed E-state index contributed by atoms with van der Waals surface area (Å²) < 4.78 is 2.29. The van der Waals surface area contributed by atoms with Crippen LogP contribution in [-0.4, -0.2) is 77.1 Å². The van der Waals surface area contributed by atoms with Gasteiger partial charge in [-0.1, -0.05) is 134 Å². The normalized spacial score (nSPS) is 17.5. The lowest BCUT2D eigenvalue weighted by Crippen LogP contribution is -2.58. The molecule has 13 heteroatoms. The van der Waals surface area contributed by atoms with E-state index in [0.29, 0.717) is 6.54 Å². The number of Topliss-reactive ketones (excluding diaryl/α,β-unsaturated/α-hetero) is 1. The standard InChI is InChI=1S/C15H25N3O5.C5H10.C5H12.C4H8N2O2S.C4H10.C2H6/c1-9-5-6-18(10(9)8-19)13(22)12(15(2,3)4)17-14(23)16-7-11(20)21;1-5-3-2-4-5;1-3-5-4-2;1-2(6-9)3(7)4(5)8;1-4(2)3;1-2/h8-10,12H,5-7H2,1-4H3,(H,20,21)(H2,16,17,23);5H,2-4H2,1H3;3-5H2,1-2H3;2,6,9H,1H3,(H2,5,8);4H,1-3H3;1-2H3/t9-,10?,12+;;;;;/m0...../s1. The Kier molecular flexibility index (Phi) is 33.0. The van der Waals surface area contributed by atoms with E-state index in [2.05, 4.69) is 75.4 Å². The minimum atomic E-state index is -1.17. The first-order chi connectivity index (χ1) is 22.2. The number of nitrogens with two attached hydrogens (primary N) is 1. The molecule has 4 amide bonds. The molecule has 12 nitrogen and oxygen atoms in total. The van der Waals surface area contributed by atoms with Crippen LogP contribution in [0.1, 0.15) is 135 Å². The topological polar surface area (TPSA) is 188 Å². The Balaban J connectivity index is -0.000000313. The van der Waals surface area contributed by atoms with Crippen LogP contribution in [0.15, 0.2) is 0 Å². The molecule has 2 unspecified atom stereocenters. The number of primary amides is 1. The molecule has 2 fully saturated rings. The number of carboxylic acid groups (broad SMARTS) is 1. The van der Waals surface area contributed by atoms with Crippen molar-refractivity contribution in [2.75, 3.05) is 13.1 Å². The molecule has 0 aromatic carbocycles. The number of nitrogens with zero attached hydrogens (tertiary/aromatic N) is 1. The van der Waals surface area contributed by atoms with E-state index in [9.17, 15) is 28.8 Å². The molecule has 0 bridgehead atoms. The first-order valence-electron chi connectivity index (χ1n) is 17.5. The number of hydrogen-bond donors (Lipinski definition) is 6. The largest absolute Gasteiger partial charge is 0.480 e. The van der Waals surface area contributed by atoms with Crippen LogP contribution in [0.25, 0.3) is 0 Å². The Morgan fingerprint density at radius 2 is 1.44 bits per heavy atom. The Morgan fingerprint density at radius 3 is 1.69 bits per heavy atom. The summed E-state index contributed by atoms with van der Waals surface area (Å²) in [6.45, 7) is 26.0. The van der Waals surface area contributed by atoms with E-state index in [1.54, 1.807) is 20.8 Å². The first kappa shape index (κ1) is 52.1. The predicted octanol–water partition coefficient (Wildman–Crippen LogP) is 5.78. The molecule has 48 heavy (non-hydrogen) atoms. The number of carbonyl (C=O) groups is 6. The highest BCUT2D eigenvalue weighted by Crippen LogP contribution is 2.28. The van der Waals surface area contributed by atoms with Crippen LogP contribution in [-0.2, 0) is 24.0 Å². The van der Waals surface area contributed by atoms with Crippen LogP contribution in [0.5, 0.6) is 0 Å². The molecule has 6 N–H and O–H groups in total. The average Bonchev–Trinajstić information content (AvgIpc) is 3.38. The molecule has 0 radical (unpaired) electrons. The lowest BCUT2D eigenvalue weighted by molar-refractivity contribution is -0.139. The second-order valence-corrected chi connectivity index (χ2v) is 13.9. The first-order valence-corrected chi connectivity index (χ1v) is 17.9. The molecule has 284 valence electrons. The lowest BCUT2D eigenvalue weighted by Gasteiger charge is -2.35. The minimum absolute atomic E-state index is 0.0814. The SMILES string of the molecule is CC.CC(C)C.CC(NS)C(=O)C(N)=O.CC1CCC1.CCCCC.C[C@H]1CCN(C(=O)[C@@H](NC(=O)NCC(=O)O)C(C)(C)C)C1C=O. The number of hydrogen-bond acceptors (Lipinski definition) is 8. The zero-order valence-electron chi connectivity index (χ0n) is 32.3. The number of aldehydes is 1. The number of nitrogens with one attached hydrogen (secondary N) is 3. The van der Waals surface area contributed by atoms with E-state index in [1.807, 2.05) is 20.8 Å². The fourth-order valence-electron chi connectivity index (χ4n) is 3.82. The highest BCUT2D eigenvalue weighted by Gasteiger charge is 2.41. The van der Waals surface area contributed by atoms with Crippen molar-refractivity contribution in [3.8, 4) is 0 Å². The Bertz CT molecular complexity index is 903. The van der Waals surface area contributed by atoms with Crippen molar-refractivity contribution < 1.29 is 33.9 Å². The van der Waals surface area contributed by atoms with Gasteiger partial charge in [0.25, 0.3) is 5.91 Å². The summed E-state index contributed by atoms with van der Waals surface area (Å²) in [4.78, 5) is 68.4. The number of ketones is 1. The maximum absolute atomic E-state index is 12.8. The van der Waals surface area contributed by atoms with Crippen molar-refractivity contribution in [1.29, 1.82) is 0 Å². The number of rotatable bonds is 10. The number of carboxylic acids is 1. The molecule has 0 spiro atoms. The molecule has 2 rings (SSSR count). The van der Waals surface area contributed by atoms with Crippen LogP contribution in [0.4, 0.5) is 4.79 Å². The van der Waals surface area contributed by atoms with Crippen molar-refractivity contribution >= 4 is 48.7 Å². The Morgan fingerprint density at radius 1 is 0.979 bits per heavy atom. The van der Waals surface area contributed by atoms with Crippen LogP contribution >= 0.6 is 12.8 Å². The second kappa shape index (κ2) is 30.4. The molecular formula is C35H71N5O7S. The van der Waals surface area contributed by atoms with Crippen LogP contribution in [0.3, 0.4) is 0 Å². The Hall–Kier alpha value is -2.67. The van der Waals surface area contributed by atoms with E-state index in [4.69, 9.17) is 5.11 Å². The van der Waals surface area contributed by atoms with E-state index in [0.717, 1.165) is 24.5 Å². The highest BCUT2D eigenvalue weighted by atomic mass is 32.1. The molecule has 0 aromatic rings. The van der Waals surface area contributed by atoms with Gasteiger partial charge in [-0.25, -0.2) is 4.79 Å². The molecule has 4 atom stereocenters. The number of thiol groups is 1. The van der Waals surface area contributed by atoms with Crippen molar-refractivity contribution in [3.05, 3.63) is 0 Å². The van der Waals surface area contributed by atoms with E-state index in [-0.39, 0.29) is 11.8 Å². The average molecular weight is 706 g/mol. The number of aliphatic carboxylic acids is 1. The van der Waals surface area contributed by atoms with Crippen LogP contribution in [0, 0.1) is 23.2 Å². The van der Waals surface area contributed by atoms with Gasteiger partial charge in [-0.3, -0.25) is 23.9 Å². The second-order valence-electron chi connectivity index (χ2n) is 13.6. The zero-order valence-corrected chi connectivity index (χ0v) is 33.2. The predicted molar refractivity (Wildman–Crippen MR) is 199 cm³/mol. The molecule has 1 heterocycles. The molecule has 2 aliphatic rings. The van der Waals surface area contributed by atoms with Crippen LogP contribution in [0.2, 0.25) is 0 Å². The zero-order chi connectivity index (χ0) is 38.6. The minimum Gasteiger partial charge on any atom is -0.480 e. The maximum Gasteiger partial charge on any atom is 0.323 e. The van der Waals surface area contributed by atoms with Crippen molar-refractivity contribution in [2.45, 2.75) is 153 Å². The van der Waals surface area contributed by atoms with Gasteiger partial charge in [0, 0.05) is 6.54 Å². The quantitative estimate of drug-likeness (QED) is 0.0938. The molecule has 0 aromatic heterocycles. The Labute approximate surface area is 297 Å². The van der Waals surface area contributed by atoms with Crippen molar-refractivity contribution in [1.82, 2.24) is 20.3 Å². The van der Waals surface area contributed by atoms with Gasteiger partial charge in [-0.05, 0) is 36.5 Å². The van der Waals surface area contributed by atoms with Crippen LogP contribution < -0.4 is 21.1 Å². The molecule has 1 aliphatic carbocycles. The summed E-state index contributed by atoms with van der Waals surface area (Å²) in [5.41, 5.74) is 4.06. The molecule has 1 aliphatic heterocycles. The molecule has 1 saturated carbocycles. The summed E-state index contributed by atoms with van der Waals surface area (Å²) in [6.07, 6.45) is 10.0. The van der Waals surface area contributed by atoms with E-state index in [1.165, 1.54) is 50.3 Å². The number of unbranched alkanes of at least 4 members (excludes halogenated alkanes) is 2. The maximum atomic E-state index is 12.8. The molecular weight excluding hydrogens is 634 g/mol. The van der Waals surface area contributed by atoms with Crippen molar-refractivity contribution in [3.63, 3.8) is 0 Å². The van der Waals surface area contributed by atoms with Crippen molar-refractivity contribution in [2.24, 2.45) is 28.9 Å². The monoisotopic (exact) mass is 706 g/mol. The summed E-state index contributed by atoms with van der Waals surface area (Å²) in [7, 11) is 0. The van der Waals surface area contributed by atoms with Gasteiger partial charge in [0.15, 0.2) is 0 Å². The molecule has 1 saturated heterocycles. The third-order valence-corrected chi connectivity index (χ3v) is 7.30. The number of carbonyl (C=O) groups excluding carboxylic acids is 5. The lowest BCUT2D eigenvalue weighted by atomic mass is 9.85. The van der Waals surface area contributed by atoms with Gasteiger partial charge in [0.1, 0.15) is 18.9 Å². The van der Waals surface area contributed by atoms with Gasteiger partial charge in [-0.15, -0.1) is 0 Å². The third kappa shape index (κ3) is 27.3. The van der Waals surface area contributed by atoms with Gasteiger partial charge in [0.05, 0.1) is 12.1 Å². The third-order valence-electron chi connectivity index (χ3n) is 6.91. The van der Waals surface area contributed by atoms with E-state index < -0.39 is 53.8 Å². The fraction of sp³-hybridized carbons (Fsp3) is 0.829. The summed E-state index contributed by atoms with van der Waals surface area (Å²) >= 11 is 3.57. The highest BCUT2D eigenvalue weighted by molar-refractivity contribution is 7.78. The van der Waals surface area contributed by atoms with Gasteiger partial charge in [0.2, 0.25) is 11.7 Å².